The van der Waals surface area contributed by atoms with Gasteiger partial charge in [-0.2, -0.15) is 0 Å². The van der Waals surface area contributed by atoms with Gasteiger partial charge in [0, 0.05) is 11.1 Å². The molecule has 0 aliphatic rings. The fourth-order valence-electron chi connectivity index (χ4n) is 1.99. The number of aryl methyl sites for hydroxylation is 2. The molecule has 0 atom stereocenters. The molecule has 2 heterocycles. The molecule has 0 radical (unpaired) electrons. The number of aromatic nitrogens is 3. The van der Waals surface area contributed by atoms with E-state index < -0.39 is 5.97 Å². The van der Waals surface area contributed by atoms with Crippen LogP contribution in [0.25, 0.3) is 0 Å². The quantitative estimate of drug-likeness (QED) is 0.670. The number of esters is 1. The molecule has 0 saturated carbocycles. The van der Waals surface area contributed by atoms with E-state index in [4.69, 9.17) is 4.74 Å². The van der Waals surface area contributed by atoms with Crippen LogP contribution < -0.4 is 5.32 Å². The maximum Gasteiger partial charge on any atom is 0.352 e. The number of carbonyl (C=O) groups is 1. The minimum atomic E-state index is -0.400. The lowest BCUT2D eigenvalue weighted by atomic mass is 10.2. The first-order valence-electron chi connectivity index (χ1n) is 7.42. The molecule has 0 bridgehead atoms. The molecule has 3 rings (SSSR count). The lowest BCUT2D eigenvalue weighted by molar-refractivity contribution is 0.0473. The number of nitrogens with one attached hydrogen (secondary N) is 1. The van der Waals surface area contributed by atoms with Gasteiger partial charge < -0.3 is 10.1 Å². The van der Waals surface area contributed by atoms with Gasteiger partial charge in [-0.3, -0.25) is 0 Å². The molecule has 24 heavy (non-hydrogen) atoms. The van der Waals surface area contributed by atoms with Gasteiger partial charge in [0.15, 0.2) is 10.0 Å². The fraction of sp³-hybridized carbons (Fsp3) is 0.250. The Morgan fingerprint density at radius 3 is 2.83 bits per heavy atom. The summed E-state index contributed by atoms with van der Waals surface area (Å²) < 4.78 is 9.10. The van der Waals surface area contributed by atoms with Gasteiger partial charge in [-0.25, -0.2) is 9.78 Å². The molecule has 0 amide bonds. The highest BCUT2D eigenvalue weighted by Gasteiger charge is 2.17. The SMILES string of the molecule is CCc1nnsc1C(=O)OCc1csc(Nc2ccc(C)cc2)n1. The summed E-state index contributed by atoms with van der Waals surface area (Å²) in [6.45, 7) is 4.10. The van der Waals surface area contributed by atoms with E-state index in [-0.39, 0.29) is 6.61 Å². The largest absolute Gasteiger partial charge is 0.455 e. The van der Waals surface area contributed by atoms with E-state index in [1.54, 1.807) is 0 Å². The van der Waals surface area contributed by atoms with Gasteiger partial charge >= 0.3 is 5.97 Å². The summed E-state index contributed by atoms with van der Waals surface area (Å²) in [6, 6.07) is 8.07. The molecular formula is C16H16N4O2S2. The van der Waals surface area contributed by atoms with Crippen LogP contribution in [-0.4, -0.2) is 20.5 Å². The van der Waals surface area contributed by atoms with Crippen LogP contribution in [0.15, 0.2) is 29.6 Å². The third kappa shape index (κ3) is 3.95. The number of nitrogens with zero attached hydrogens (tertiary/aromatic N) is 3. The molecule has 8 heteroatoms. The summed E-state index contributed by atoms with van der Waals surface area (Å²) >= 11 is 2.53. The Labute approximate surface area is 147 Å². The van der Waals surface area contributed by atoms with Gasteiger partial charge in [0.25, 0.3) is 0 Å². The van der Waals surface area contributed by atoms with Crippen molar-refractivity contribution in [3.05, 3.63) is 51.5 Å². The van der Waals surface area contributed by atoms with E-state index in [1.807, 2.05) is 43.5 Å². The van der Waals surface area contributed by atoms with Crippen molar-refractivity contribution in [3.63, 3.8) is 0 Å². The molecule has 124 valence electrons. The topological polar surface area (TPSA) is 77.0 Å². The average Bonchev–Trinajstić information content (AvgIpc) is 3.23. The summed E-state index contributed by atoms with van der Waals surface area (Å²) in [5, 5.41) is 9.78. The van der Waals surface area contributed by atoms with Gasteiger partial charge in [0.2, 0.25) is 0 Å². The Morgan fingerprint density at radius 2 is 2.08 bits per heavy atom. The Morgan fingerprint density at radius 1 is 1.29 bits per heavy atom. The van der Waals surface area contributed by atoms with Crippen LogP contribution in [0.1, 0.15) is 33.5 Å². The first-order chi connectivity index (χ1) is 11.7. The summed E-state index contributed by atoms with van der Waals surface area (Å²) in [7, 11) is 0. The normalized spacial score (nSPS) is 10.6. The third-order valence-corrected chi connectivity index (χ3v) is 4.84. The third-order valence-electron chi connectivity index (χ3n) is 3.28. The lowest BCUT2D eigenvalue weighted by Crippen LogP contribution is -2.06. The molecule has 0 fully saturated rings. The Kier molecular flexibility index (Phi) is 5.17. The van der Waals surface area contributed by atoms with E-state index in [2.05, 4.69) is 19.9 Å². The van der Waals surface area contributed by atoms with Crippen molar-refractivity contribution >= 4 is 39.7 Å². The average molecular weight is 360 g/mol. The molecule has 1 N–H and O–H groups in total. The number of rotatable bonds is 6. The van der Waals surface area contributed by atoms with Crippen LogP contribution in [0.5, 0.6) is 0 Å². The zero-order valence-electron chi connectivity index (χ0n) is 13.3. The second kappa shape index (κ2) is 7.50. The number of hydrogen-bond acceptors (Lipinski definition) is 8. The lowest BCUT2D eigenvalue weighted by Gasteiger charge is -2.03. The van der Waals surface area contributed by atoms with Crippen molar-refractivity contribution in [2.24, 2.45) is 0 Å². The molecule has 0 spiro atoms. The predicted molar refractivity (Wildman–Crippen MR) is 95.0 cm³/mol. The number of anilines is 2. The monoisotopic (exact) mass is 360 g/mol. The Hall–Kier alpha value is -2.32. The molecule has 0 aliphatic carbocycles. The molecule has 6 nitrogen and oxygen atoms in total. The summed E-state index contributed by atoms with van der Waals surface area (Å²) in [4.78, 5) is 16.9. The maximum atomic E-state index is 12.1. The maximum absolute atomic E-state index is 12.1. The van der Waals surface area contributed by atoms with Gasteiger partial charge in [0.1, 0.15) is 6.61 Å². The highest BCUT2D eigenvalue weighted by Crippen LogP contribution is 2.22. The van der Waals surface area contributed by atoms with Crippen LogP contribution in [-0.2, 0) is 17.8 Å². The van der Waals surface area contributed by atoms with E-state index in [0.29, 0.717) is 22.7 Å². The molecule has 0 aliphatic heterocycles. The van der Waals surface area contributed by atoms with Crippen molar-refractivity contribution in [2.45, 2.75) is 26.9 Å². The second-order valence-electron chi connectivity index (χ2n) is 5.11. The van der Waals surface area contributed by atoms with E-state index in [1.165, 1.54) is 16.9 Å². The fourth-order valence-corrected chi connectivity index (χ4v) is 3.35. The van der Waals surface area contributed by atoms with Gasteiger partial charge in [-0.05, 0) is 37.0 Å². The molecule has 0 saturated heterocycles. The van der Waals surface area contributed by atoms with Gasteiger partial charge in [-0.1, -0.05) is 29.1 Å². The van der Waals surface area contributed by atoms with Crippen LogP contribution in [0.3, 0.4) is 0 Å². The zero-order chi connectivity index (χ0) is 16.9. The molecule has 2 aromatic heterocycles. The predicted octanol–water partition coefficient (Wildman–Crippen LogP) is 3.97. The summed E-state index contributed by atoms with van der Waals surface area (Å²) in [6.07, 6.45) is 0.655. The highest BCUT2D eigenvalue weighted by molar-refractivity contribution is 7.13. The molecular weight excluding hydrogens is 344 g/mol. The van der Waals surface area contributed by atoms with Crippen molar-refractivity contribution in [1.82, 2.24) is 14.6 Å². The summed E-state index contributed by atoms with van der Waals surface area (Å²) in [5.74, 6) is -0.400. The van der Waals surface area contributed by atoms with Crippen molar-refractivity contribution in [2.75, 3.05) is 5.32 Å². The molecule has 3 aromatic rings. The smallest absolute Gasteiger partial charge is 0.352 e. The van der Waals surface area contributed by atoms with Crippen LogP contribution in [0, 0.1) is 6.92 Å². The van der Waals surface area contributed by atoms with Crippen molar-refractivity contribution < 1.29 is 9.53 Å². The van der Waals surface area contributed by atoms with Crippen molar-refractivity contribution in [3.8, 4) is 0 Å². The molecule has 1 aromatic carbocycles. The minimum Gasteiger partial charge on any atom is -0.455 e. The minimum absolute atomic E-state index is 0.131. The van der Waals surface area contributed by atoms with Crippen LogP contribution in [0.4, 0.5) is 10.8 Å². The van der Waals surface area contributed by atoms with Crippen LogP contribution in [0.2, 0.25) is 0 Å². The first-order valence-corrected chi connectivity index (χ1v) is 9.07. The Bertz CT molecular complexity index is 827. The van der Waals surface area contributed by atoms with Crippen molar-refractivity contribution in [1.29, 1.82) is 0 Å². The van der Waals surface area contributed by atoms with E-state index in [9.17, 15) is 4.79 Å². The van der Waals surface area contributed by atoms with Crippen LogP contribution >= 0.6 is 22.9 Å². The first kappa shape index (κ1) is 16.5. The highest BCUT2D eigenvalue weighted by atomic mass is 32.1. The van der Waals surface area contributed by atoms with Gasteiger partial charge in [-0.15, -0.1) is 16.4 Å². The number of ether oxygens (including phenoxy) is 1. The van der Waals surface area contributed by atoms with E-state index in [0.717, 1.165) is 22.4 Å². The molecule has 0 unspecified atom stereocenters. The number of thiazole rings is 1. The number of benzene rings is 1. The van der Waals surface area contributed by atoms with Gasteiger partial charge in [0.05, 0.1) is 11.4 Å². The Balaban J connectivity index is 1.58. The van der Waals surface area contributed by atoms with E-state index >= 15 is 0 Å². The summed E-state index contributed by atoms with van der Waals surface area (Å²) in [5.41, 5.74) is 3.56. The number of hydrogen-bond donors (Lipinski definition) is 1. The standard InChI is InChI=1S/C16H16N4O2S2/c1-3-13-14(24-20-19-13)15(21)22-8-12-9-23-16(18-12)17-11-6-4-10(2)5-7-11/h4-7,9H,3,8H2,1-2H3,(H,17,18). The second-order valence-corrected chi connectivity index (χ2v) is 6.73. The number of carbonyl (C=O) groups excluding carboxylic acids is 1. The zero-order valence-corrected chi connectivity index (χ0v) is 14.9.